The highest BCUT2D eigenvalue weighted by molar-refractivity contribution is 6.32. The smallest absolute Gasteiger partial charge is 0.220 e. The van der Waals surface area contributed by atoms with E-state index in [-0.39, 0.29) is 11.4 Å². The molecule has 0 bridgehead atoms. The Labute approximate surface area is 127 Å². The lowest BCUT2D eigenvalue weighted by atomic mass is 9.88. The standard InChI is InChI=1S/C15H16ClN5/c1-15(2,3)10-7-19-21-5-4-9(6-12(10)21)13-11(16)8-18-14(17)20-13/h4-8H,1-3H3,(H2,17,18,20). The van der Waals surface area contributed by atoms with Crippen molar-refractivity contribution >= 4 is 23.1 Å². The van der Waals surface area contributed by atoms with Crippen LogP contribution in [0.2, 0.25) is 5.02 Å². The normalized spacial score (nSPS) is 12.0. The summed E-state index contributed by atoms with van der Waals surface area (Å²) in [4.78, 5) is 8.12. The van der Waals surface area contributed by atoms with E-state index in [2.05, 4.69) is 35.8 Å². The molecular formula is C15H16ClN5. The van der Waals surface area contributed by atoms with Crippen molar-refractivity contribution in [3.63, 3.8) is 0 Å². The zero-order chi connectivity index (χ0) is 15.2. The highest BCUT2D eigenvalue weighted by Crippen LogP contribution is 2.31. The van der Waals surface area contributed by atoms with Crippen LogP contribution in [0, 0.1) is 0 Å². The van der Waals surface area contributed by atoms with Gasteiger partial charge in [-0.2, -0.15) is 5.10 Å². The van der Waals surface area contributed by atoms with Crippen LogP contribution < -0.4 is 5.73 Å². The van der Waals surface area contributed by atoms with Crippen LogP contribution in [0.1, 0.15) is 26.3 Å². The Bertz CT molecular complexity index is 817. The summed E-state index contributed by atoms with van der Waals surface area (Å²) in [6.07, 6.45) is 5.31. The van der Waals surface area contributed by atoms with Crippen LogP contribution in [0.15, 0.2) is 30.7 Å². The van der Waals surface area contributed by atoms with Gasteiger partial charge in [-0.25, -0.2) is 14.5 Å². The third-order valence-corrected chi connectivity index (χ3v) is 3.64. The van der Waals surface area contributed by atoms with E-state index in [0.717, 1.165) is 11.1 Å². The predicted octanol–water partition coefficient (Wildman–Crippen LogP) is 3.32. The highest BCUT2D eigenvalue weighted by Gasteiger charge is 2.19. The summed E-state index contributed by atoms with van der Waals surface area (Å²) in [5.41, 5.74) is 9.40. The molecule has 0 amide bonds. The minimum Gasteiger partial charge on any atom is -0.368 e. The summed E-state index contributed by atoms with van der Waals surface area (Å²) in [6.45, 7) is 6.48. The molecule has 0 aromatic carbocycles. The molecule has 0 unspecified atom stereocenters. The quantitative estimate of drug-likeness (QED) is 0.748. The minimum absolute atomic E-state index is 0.00880. The van der Waals surface area contributed by atoms with Gasteiger partial charge in [0.2, 0.25) is 5.95 Å². The second-order valence-corrected chi connectivity index (χ2v) is 6.39. The van der Waals surface area contributed by atoms with Crippen molar-refractivity contribution in [3.05, 3.63) is 41.3 Å². The topological polar surface area (TPSA) is 69.1 Å². The maximum Gasteiger partial charge on any atom is 0.220 e. The molecule has 3 aromatic heterocycles. The van der Waals surface area contributed by atoms with Gasteiger partial charge >= 0.3 is 0 Å². The van der Waals surface area contributed by atoms with E-state index in [4.69, 9.17) is 17.3 Å². The van der Waals surface area contributed by atoms with Gasteiger partial charge in [0, 0.05) is 17.3 Å². The molecule has 0 aliphatic rings. The van der Waals surface area contributed by atoms with Crippen molar-refractivity contribution < 1.29 is 0 Å². The average molecular weight is 302 g/mol. The highest BCUT2D eigenvalue weighted by atomic mass is 35.5. The Balaban J connectivity index is 2.23. The lowest BCUT2D eigenvalue weighted by molar-refractivity contribution is 0.595. The summed E-state index contributed by atoms with van der Waals surface area (Å²) >= 11 is 6.18. The van der Waals surface area contributed by atoms with E-state index in [9.17, 15) is 0 Å². The fourth-order valence-electron chi connectivity index (χ4n) is 2.29. The molecule has 0 atom stereocenters. The molecule has 6 heteroatoms. The molecule has 3 heterocycles. The summed E-state index contributed by atoms with van der Waals surface area (Å²) in [6, 6.07) is 3.95. The number of anilines is 1. The zero-order valence-electron chi connectivity index (χ0n) is 12.1. The van der Waals surface area contributed by atoms with E-state index in [1.807, 2.05) is 29.0 Å². The summed E-state index contributed by atoms with van der Waals surface area (Å²) in [7, 11) is 0. The fourth-order valence-corrected chi connectivity index (χ4v) is 2.49. The van der Waals surface area contributed by atoms with Gasteiger partial charge < -0.3 is 5.73 Å². The van der Waals surface area contributed by atoms with Crippen molar-refractivity contribution in [1.82, 2.24) is 19.6 Å². The second kappa shape index (κ2) is 4.70. The van der Waals surface area contributed by atoms with Gasteiger partial charge in [-0.15, -0.1) is 0 Å². The number of pyridine rings is 1. The molecule has 3 aromatic rings. The van der Waals surface area contributed by atoms with Crippen LogP contribution in [0.5, 0.6) is 0 Å². The maximum absolute atomic E-state index is 6.18. The van der Waals surface area contributed by atoms with Gasteiger partial charge in [0.25, 0.3) is 0 Å². The van der Waals surface area contributed by atoms with Crippen molar-refractivity contribution in [2.75, 3.05) is 5.73 Å². The van der Waals surface area contributed by atoms with Crippen LogP contribution in [-0.2, 0) is 5.41 Å². The fraction of sp³-hybridized carbons (Fsp3) is 0.267. The lowest BCUT2D eigenvalue weighted by Crippen LogP contribution is -2.10. The number of hydrogen-bond acceptors (Lipinski definition) is 4. The Hall–Kier alpha value is -2.14. The largest absolute Gasteiger partial charge is 0.368 e. The van der Waals surface area contributed by atoms with Gasteiger partial charge in [0.15, 0.2) is 0 Å². The first-order valence-electron chi connectivity index (χ1n) is 6.62. The SMILES string of the molecule is CC(C)(C)c1cnn2ccc(-c3nc(N)ncc3Cl)cc12. The lowest BCUT2D eigenvalue weighted by Gasteiger charge is -2.17. The first-order valence-corrected chi connectivity index (χ1v) is 7.00. The predicted molar refractivity (Wildman–Crippen MR) is 84.3 cm³/mol. The molecule has 0 aliphatic carbocycles. The molecule has 5 nitrogen and oxygen atoms in total. The van der Waals surface area contributed by atoms with E-state index in [1.165, 1.54) is 11.8 Å². The van der Waals surface area contributed by atoms with Crippen LogP contribution >= 0.6 is 11.6 Å². The number of halogens is 1. The van der Waals surface area contributed by atoms with Crippen LogP contribution in [-0.4, -0.2) is 19.6 Å². The molecule has 0 aliphatic heterocycles. The van der Waals surface area contributed by atoms with E-state index in [0.29, 0.717) is 10.7 Å². The molecule has 0 fully saturated rings. The summed E-state index contributed by atoms with van der Waals surface area (Å²) < 4.78 is 1.85. The Morgan fingerprint density at radius 3 is 2.71 bits per heavy atom. The average Bonchev–Trinajstić information content (AvgIpc) is 2.84. The van der Waals surface area contributed by atoms with Crippen molar-refractivity contribution in [2.45, 2.75) is 26.2 Å². The molecule has 2 N–H and O–H groups in total. The molecular weight excluding hydrogens is 286 g/mol. The summed E-state index contributed by atoms with van der Waals surface area (Å²) in [5, 5.41) is 4.86. The zero-order valence-corrected chi connectivity index (χ0v) is 12.9. The second-order valence-electron chi connectivity index (χ2n) is 5.98. The Morgan fingerprint density at radius 2 is 2.00 bits per heavy atom. The van der Waals surface area contributed by atoms with E-state index < -0.39 is 0 Å². The monoisotopic (exact) mass is 301 g/mol. The van der Waals surface area contributed by atoms with Gasteiger partial charge in [-0.3, -0.25) is 0 Å². The van der Waals surface area contributed by atoms with Gasteiger partial charge in [0.1, 0.15) is 0 Å². The molecule has 0 saturated carbocycles. The number of hydrogen-bond donors (Lipinski definition) is 1. The van der Waals surface area contributed by atoms with E-state index in [1.54, 1.807) is 0 Å². The molecule has 21 heavy (non-hydrogen) atoms. The van der Waals surface area contributed by atoms with Crippen molar-refractivity contribution in [3.8, 4) is 11.3 Å². The summed E-state index contributed by atoms with van der Waals surface area (Å²) in [5.74, 6) is 0.207. The van der Waals surface area contributed by atoms with Crippen molar-refractivity contribution in [2.24, 2.45) is 0 Å². The first-order chi connectivity index (χ1) is 9.86. The Morgan fingerprint density at radius 1 is 1.24 bits per heavy atom. The van der Waals surface area contributed by atoms with Crippen LogP contribution in [0.4, 0.5) is 5.95 Å². The number of aromatic nitrogens is 4. The van der Waals surface area contributed by atoms with Gasteiger partial charge in [-0.1, -0.05) is 32.4 Å². The molecule has 3 rings (SSSR count). The maximum atomic E-state index is 6.18. The van der Waals surface area contributed by atoms with Gasteiger partial charge in [-0.05, 0) is 17.5 Å². The van der Waals surface area contributed by atoms with Crippen LogP contribution in [0.25, 0.3) is 16.8 Å². The minimum atomic E-state index is 0.00880. The molecule has 0 saturated heterocycles. The first kappa shape index (κ1) is 13.8. The van der Waals surface area contributed by atoms with Crippen molar-refractivity contribution in [1.29, 1.82) is 0 Å². The van der Waals surface area contributed by atoms with E-state index >= 15 is 0 Å². The van der Waals surface area contributed by atoms with Crippen LogP contribution in [0.3, 0.4) is 0 Å². The number of nitrogens with two attached hydrogens (primary N) is 1. The third kappa shape index (κ3) is 2.45. The molecule has 0 radical (unpaired) electrons. The number of fused-ring (bicyclic) bond motifs is 1. The Kier molecular flexibility index (Phi) is 3.10. The number of nitrogens with zero attached hydrogens (tertiary/aromatic N) is 4. The number of nitrogen functional groups attached to an aromatic ring is 1. The van der Waals surface area contributed by atoms with Gasteiger partial charge in [0.05, 0.1) is 28.6 Å². The number of rotatable bonds is 1. The third-order valence-electron chi connectivity index (χ3n) is 3.37. The molecule has 108 valence electrons. The molecule has 0 spiro atoms.